The summed E-state index contributed by atoms with van der Waals surface area (Å²) >= 11 is 0. The van der Waals surface area contributed by atoms with Gasteiger partial charge in [-0.3, -0.25) is 14.4 Å². The van der Waals surface area contributed by atoms with Gasteiger partial charge in [-0.2, -0.15) is 13.2 Å². The fourth-order valence-electron chi connectivity index (χ4n) is 4.90. The normalized spacial score (nSPS) is 18.5. The smallest absolute Gasteiger partial charge is 0.358 e. The molecule has 0 unspecified atom stereocenters. The van der Waals surface area contributed by atoms with Gasteiger partial charge in [0.05, 0.1) is 5.54 Å². The van der Waals surface area contributed by atoms with Gasteiger partial charge in [0.1, 0.15) is 17.2 Å². The first kappa shape index (κ1) is 31.7. The highest BCUT2D eigenvalue weighted by molar-refractivity contribution is 6.09. The van der Waals surface area contributed by atoms with Crippen LogP contribution < -0.4 is 16.4 Å². The second-order valence-corrected chi connectivity index (χ2v) is 11.0. The molecular weight excluding hydrogens is 537 g/mol. The Kier molecular flexibility index (Phi) is 9.90. The zero-order chi connectivity index (χ0) is 30.4. The number of piperidine rings is 1. The van der Waals surface area contributed by atoms with Gasteiger partial charge in [0.2, 0.25) is 17.7 Å². The number of alkyl halides is 3. The third-order valence-electron chi connectivity index (χ3n) is 7.20. The van der Waals surface area contributed by atoms with Gasteiger partial charge in [-0.1, -0.05) is 36.4 Å². The molecule has 0 radical (unpaired) electrons. The first-order chi connectivity index (χ1) is 19.2. The molecule has 12 heteroatoms. The summed E-state index contributed by atoms with van der Waals surface area (Å²) in [5.74, 6) is -1.41. The minimum absolute atomic E-state index is 0.0627. The van der Waals surface area contributed by atoms with Crippen LogP contribution in [0.1, 0.15) is 50.1 Å². The summed E-state index contributed by atoms with van der Waals surface area (Å²) in [6.45, 7) is 3.11. The maximum Gasteiger partial charge on any atom is 0.433 e. The van der Waals surface area contributed by atoms with Crippen molar-refractivity contribution in [2.24, 2.45) is 11.1 Å². The standard InChI is InChI=1S/C29H37F3N6O3/c1-27(2,34)25(40)37-21(13-7-11-20-12-8-14-23(36-20)29(30,31)32)24(39)38-16-15-22(33)28(18-38,26(41)35-3)17-19-9-5-4-6-10-19/h4-6,8-10,12,14,21,33H,7,11,13,15-18,34H2,1-3H3,(H,35,41)(H,37,40)/t21-,28-/m1/s1. The summed E-state index contributed by atoms with van der Waals surface area (Å²) in [6, 6.07) is 11.8. The van der Waals surface area contributed by atoms with Crippen molar-refractivity contribution < 1.29 is 27.6 Å². The van der Waals surface area contributed by atoms with E-state index in [9.17, 15) is 27.6 Å². The number of rotatable bonds is 10. The molecule has 2 atom stereocenters. The molecule has 222 valence electrons. The average molecular weight is 575 g/mol. The summed E-state index contributed by atoms with van der Waals surface area (Å²) in [5, 5.41) is 14.0. The van der Waals surface area contributed by atoms with Gasteiger partial charge in [0.15, 0.2) is 0 Å². The van der Waals surface area contributed by atoms with Gasteiger partial charge < -0.3 is 26.7 Å². The lowest BCUT2D eigenvalue weighted by molar-refractivity contribution is -0.141. The van der Waals surface area contributed by atoms with Gasteiger partial charge >= 0.3 is 6.18 Å². The van der Waals surface area contributed by atoms with Crippen molar-refractivity contribution in [3.05, 3.63) is 65.5 Å². The van der Waals surface area contributed by atoms with Crippen LogP contribution in [-0.4, -0.2) is 65.0 Å². The lowest BCUT2D eigenvalue weighted by Gasteiger charge is -2.43. The molecule has 0 aliphatic carbocycles. The topological polar surface area (TPSA) is 141 Å². The Morgan fingerprint density at radius 2 is 1.80 bits per heavy atom. The lowest BCUT2D eigenvalue weighted by atomic mass is 9.72. The Morgan fingerprint density at radius 3 is 2.41 bits per heavy atom. The molecule has 9 nitrogen and oxygen atoms in total. The predicted octanol–water partition coefficient (Wildman–Crippen LogP) is 2.87. The number of nitrogens with one attached hydrogen (secondary N) is 3. The van der Waals surface area contributed by atoms with Gasteiger partial charge in [0, 0.05) is 38.0 Å². The second-order valence-electron chi connectivity index (χ2n) is 11.0. The van der Waals surface area contributed by atoms with Crippen LogP contribution in [0.15, 0.2) is 48.5 Å². The first-order valence-corrected chi connectivity index (χ1v) is 13.4. The van der Waals surface area contributed by atoms with Crippen molar-refractivity contribution in [1.82, 2.24) is 20.5 Å². The van der Waals surface area contributed by atoms with Crippen molar-refractivity contribution in [2.45, 2.75) is 63.7 Å². The van der Waals surface area contributed by atoms with Crippen LogP contribution in [0, 0.1) is 10.8 Å². The van der Waals surface area contributed by atoms with Gasteiger partial charge in [-0.05, 0) is 57.2 Å². The van der Waals surface area contributed by atoms with Crippen LogP contribution in [-0.2, 0) is 33.4 Å². The monoisotopic (exact) mass is 574 g/mol. The number of benzene rings is 1. The number of hydrogen-bond acceptors (Lipinski definition) is 6. The molecule has 1 saturated heterocycles. The Balaban J connectivity index is 1.83. The number of nitrogens with zero attached hydrogens (tertiary/aromatic N) is 2. The van der Waals surface area contributed by atoms with Crippen molar-refractivity contribution in [3.63, 3.8) is 0 Å². The molecular formula is C29H37F3N6O3. The highest BCUT2D eigenvalue weighted by atomic mass is 19.4. The Hall–Kier alpha value is -3.80. The molecule has 3 amide bonds. The van der Waals surface area contributed by atoms with Crippen LogP contribution in [0.2, 0.25) is 0 Å². The summed E-state index contributed by atoms with van der Waals surface area (Å²) in [4.78, 5) is 45.0. The number of pyridine rings is 1. The molecule has 1 aliphatic heterocycles. The van der Waals surface area contributed by atoms with Gasteiger partial charge in [0.25, 0.3) is 0 Å². The van der Waals surface area contributed by atoms with E-state index in [0.29, 0.717) is 0 Å². The fourth-order valence-corrected chi connectivity index (χ4v) is 4.90. The summed E-state index contributed by atoms with van der Waals surface area (Å²) in [6.07, 6.45) is -3.68. The number of carbonyl (C=O) groups is 3. The second kappa shape index (κ2) is 12.8. The predicted molar refractivity (Wildman–Crippen MR) is 148 cm³/mol. The molecule has 5 N–H and O–H groups in total. The van der Waals surface area contributed by atoms with E-state index in [2.05, 4.69) is 15.6 Å². The zero-order valence-electron chi connectivity index (χ0n) is 23.5. The number of amides is 3. The van der Waals surface area contributed by atoms with E-state index in [4.69, 9.17) is 11.1 Å². The zero-order valence-corrected chi connectivity index (χ0v) is 23.5. The highest BCUT2D eigenvalue weighted by Gasteiger charge is 2.48. The Labute approximate surface area is 237 Å². The van der Waals surface area contributed by atoms with E-state index in [0.717, 1.165) is 11.6 Å². The van der Waals surface area contributed by atoms with E-state index in [1.165, 1.54) is 37.9 Å². The molecule has 41 heavy (non-hydrogen) atoms. The van der Waals surface area contributed by atoms with Crippen LogP contribution >= 0.6 is 0 Å². The quantitative estimate of drug-likeness (QED) is 0.345. The maximum absolute atomic E-state index is 13.9. The molecule has 0 spiro atoms. The van der Waals surface area contributed by atoms with E-state index < -0.39 is 40.7 Å². The first-order valence-electron chi connectivity index (χ1n) is 13.4. The van der Waals surface area contributed by atoms with Crippen LogP contribution in [0.3, 0.4) is 0 Å². The highest BCUT2D eigenvalue weighted by Crippen LogP contribution is 2.33. The molecule has 2 heterocycles. The van der Waals surface area contributed by atoms with E-state index >= 15 is 0 Å². The van der Waals surface area contributed by atoms with Gasteiger partial charge in [-0.15, -0.1) is 0 Å². The number of carbonyl (C=O) groups excluding carboxylic acids is 3. The minimum Gasteiger partial charge on any atom is -0.358 e. The number of likely N-dealkylation sites (tertiary alicyclic amines) is 1. The number of halogens is 3. The number of hydrogen-bond donors (Lipinski definition) is 4. The lowest BCUT2D eigenvalue weighted by Crippen LogP contribution is -2.62. The minimum atomic E-state index is -4.58. The summed E-state index contributed by atoms with van der Waals surface area (Å²) < 4.78 is 39.2. The third-order valence-corrected chi connectivity index (χ3v) is 7.20. The molecule has 1 aromatic heterocycles. The fraction of sp³-hybridized carbons (Fsp3) is 0.483. The largest absolute Gasteiger partial charge is 0.433 e. The number of aryl methyl sites for hydroxylation is 1. The summed E-state index contributed by atoms with van der Waals surface area (Å²) in [5.41, 5.74) is 3.63. The third kappa shape index (κ3) is 7.90. The Morgan fingerprint density at radius 1 is 1.12 bits per heavy atom. The molecule has 2 aromatic rings. The molecule has 0 saturated carbocycles. The Bertz CT molecular complexity index is 1250. The molecule has 3 rings (SSSR count). The van der Waals surface area contributed by atoms with Gasteiger partial charge in [-0.25, -0.2) is 4.98 Å². The average Bonchev–Trinajstić information content (AvgIpc) is 2.92. The van der Waals surface area contributed by atoms with Crippen LogP contribution in [0.5, 0.6) is 0 Å². The van der Waals surface area contributed by atoms with Crippen molar-refractivity contribution in [1.29, 1.82) is 5.41 Å². The van der Waals surface area contributed by atoms with Crippen LogP contribution in [0.4, 0.5) is 13.2 Å². The SMILES string of the molecule is CNC(=O)[C@]1(Cc2ccccc2)CN(C(=O)[C@@H](CCCc2cccc(C(F)(F)F)n2)NC(=O)C(C)(C)N)CCC1=N. The molecule has 0 bridgehead atoms. The van der Waals surface area contributed by atoms with E-state index in [1.54, 1.807) is 0 Å². The molecule has 1 aliphatic rings. The summed E-state index contributed by atoms with van der Waals surface area (Å²) in [7, 11) is 1.48. The van der Waals surface area contributed by atoms with E-state index in [1.807, 2.05) is 30.3 Å². The van der Waals surface area contributed by atoms with Crippen LogP contribution in [0.25, 0.3) is 0 Å². The van der Waals surface area contributed by atoms with Crippen molar-refractivity contribution in [3.8, 4) is 0 Å². The van der Waals surface area contributed by atoms with Crippen molar-refractivity contribution >= 4 is 23.4 Å². The van der Waals surface area contributed by atoms with E-state index in [-0.39, 0.29) is 62.5 Å². The number of aromatic nitrogens is 1. The number of nitrogens with two attached hydrogens (primary N) is 1. The molecule has 1 fully saturated rings. The maximum atomic E-state index is 13.9. The van der Waals surface area contributed by atoms with Crippen molar-refractivity contribution in [2.75, 3.05) is 20.1 Å². The molecule has 1 aromatic carbocycles.